The fourth-order valence-electron chi connectivity index (χ4n) is 2.57. The molecular weight excluding hydrogens is 286 g/mol. The maximum absolute atomic E-state index is 9.83. The van der Waals surface area contributed by atoms with Crippen LogP contribution in [0.3, 0.4) is 0 Å². The van der Waals surface area contributed by atoms with Crippen molar-refractivity contribution in [1.29, 1.82) is 0 Å². The van der Waals surface area contributed by atoms with Gasteiger partial charge in [-0.3, -0.25) is 4.98 Å². The molecule has 3 rings (SSSR count). The normalized spacial score (nSPS) is 10.5. The van der Waals surface area contributed by atoms with E-state index in [1.807, 2.05) is 67.8 Å². The second-order valence-electron chi connectivity index (χ2n) is 5.47. The number of aliphatic hydroxyl groups excluding tert-OH is 1. The fourth-order valence-corrected chi connectivity index (χ4v) is 2.57. The average Bonchev–Trinajstić information content (AvgIpc) is 2.60. The molecule has 0 aliphatic heterocycles. The molecule has 0 aliphatic carbocycles. The van der Waals surface area contributed by atoms with Gasteiger partial charge in [-0.25, -0.2) is 0 Å². The van der Waals surface area contributed by atoms with E-state index in [1.54, 1.807) is 0 Å². The molecule has 0 atom stereocenters. The molecule has 0 spiro atoms. The maximum Gasteiger partial charge on any atom is 0.125 e. The van der Waals surface area contributed by atoms with Crippen LogP contribution in [0.1, 0.15) is 16.7 Å². The van der Waals surface area contributed by atoms with E-state index >= 15 is 0 Å². The van der Waals surface area contributed by atoms with E-state index in [0.29, 0.717) is 12.4 Å². The first kappa shape index (κ1) is 15.3. The van der Waals surface area contributed by atoms with Gasteiger partial charge in [0.2, 0.25) is 0 Å². The van der Waals surface area contributed by atoms with Crippen LogP contribution in [0.5, 0.6) is 5.75 Å². The Balaban J connectivity index is 1.91. The third-order valence-electron chi connectivity index (χ3n) is 3.71. The number of nitrogens with zero attached hydrogens (tertiary/aromatic N) is 1. The highest BCUT2D eigenvalue weighted by molar-refractivity contribution is 5.69. The van der Waals surface area contributed by atoms with Gasteiger partial charge >= 0.3 is 0 Å². The molecule has 0 amide bonds. The van der Waals surface area contributed by atoms with E-state index in [0.717, 1.165) is 27.8 Å². The van der Waals surface area contributed by atoms with Crippen molar-refractivity contribution < 1.29 is 9.84 Å². The second-order valence-corrected chi connectivity index (χ2v) is 5.47. The minimum atomic E-state index is -0.0752. The Morgan fingerprint density at radius 1 is 1.00 bits per heavy atom. The Kier molecular flexibility index (Phi) is 4.69. The minimum absolute atomic E-state index is 0.0752. The highest BCUT2D eigenvalue weighted by atomic mass is 16.5. The van der Waals surface area contributed by atoms with E-state index in [1.165, 1.54) is 0 Å². The van der Waals surface area contributed by atoms with Crippen LogP contribution in [0, 0.1) is 6.92 Å². The van der Waals surface area contributed by atoms with Gasteiger partial charge < -0.3 is 9.84 Å². The van der Waals surface area contributed by atoms with Gasteiger partial charge in [0.05, 0.1) is 6.61 Å². The largest absolute Gasteiger partial charge is 0.489 e. The molecule has 0 radical (unpaired) electrons. The number of aliphatic hydroxyl groups is 1. The first-order valence-electron chi connectivity index (χ1n) is 7.59. The lowest BCUT2D eigenvalue weighted by atomic mass is 10.00. The van der Waals surface area contributed by atoms with Crippen LogP contribution in [-0.4, -0.2) is 10.1 Å². The molecule has 0 saturated heterocycles. The van der Waals surface area contributed by atoms with Gasteiger partial charge in [0.1, 0.15) is 12.4 Å². The Hall–Kier alpha value is -2.65. The number of aromatic nitrogens is 1. The maximum atomic E-state index is 9.83. The molecule has 0 unspecified atom stereocenters. The molecule has 2 aromatic carbocycles. The molecule has 0 aliphatic rings. The molecule has 3 nitrogen and oxygen atoms in total. The van der Waals surface area contributed by atoms with Crippen LogP contribution in [0.25, 0.3) is 11.1 Å². The highest BCUT2D eigenvalue weighted by Crippen LogP contribution is 2.31. The van der Waals surface area contributed by atoms with Crippen LogP contribution < -0.4 is 4.74 Å². The number of benzene rings is 2. The second kappa shape index (κ2) is 7.07. The SMILES string of the molecule is Cc1cncc(-c2cccc(OCc3ccccc3)c2CO)c1. The predicted octanol–water partition coefficient (Wildman–Crippen LogP) is 4.13. The third kappa shape index (κ3) is 3.58. The van der Waals surface area contributed by atoms with Crippen molar-refractivity contribution >= 4 is 0 Å². The van der Waals surface area contributed by atoms with Crippen molar-refractivity contribution in [3.05, 3.63) is 83.7 Å². The lowest BCUT2D eigenvalue weighted by Gasteiger charge is -2.14. The van der Waals surface area contributed by atoms with E-state index in [2.05, 4.69) is 11.1 Å². The van der Waals surface area contributed by atoms with Crippen molar-refractivity contribution in [2.75, 3.05) is 0 Å². The zero-order valence-electron chi connectivity index (χ0n) is 13.1. The van der Waals surface area contributed by atoms with Crippen molar-refractivity contribution in [3.63, 3.8) is 0 Å². The summed E-state index contributed by atoms with van der Waals surface area (Å²) in [4.78, 5) is 4.24. The van der Waals surface area contributed by atoms with E-state index in [-0.39, 0.29) is 6.61 Å². The highest BCUT2D eigenvalue weighted by Gasteiger charge is 2.11. The van der Waals surface area contributed by atoms with Crippen molar-refractivity contribution in [2.24, 2.45) is 0 Å². The molecule has 1 N–H and O–H groups in total. The molecule has 1 heterocycles. The van der Waals surface area contributed by atoms with E-state index in [9.17, 15) is 5.11 Å². The predicted molar refractivity (Wildman–Crippen MR) is 91.1 cm³/mol. The smallest absolute Gasteiger partial charge is 0.125 e. The molecular formula is C20H19NO2. The van der Waals surface area contributed by atoms with Crippen LogP contribution in [0.15, 0.2) is 67.0 Å². The standard InChI is InChI=1S/C20H19NO2/c1-15-10-17(12-21-11-15)18-8-5-9-20(19(18)13-22)23-14-16-6-3-2-4-7-16/h2-12,22H,13-14H2,1H3. The lowest BCUT2D eigenvalue weighted by molar-refractivity contribution is 0.259. The zero-order valence-corrected chi connectivity index (χ0v) is 13.1. The molecule has 23 heavy (non-hydrogen) atoms. The van der Waals surface area contributed by atoms with Gasteiger partial charge in [0.15, 0.2) is 0 Å². The number of rotatable bonds is 5. The van der Waals surface area contributed by atoms with E-state index < -0.39 is 0 Å². The summed E-state index contributed by atoms with van der Waals surface area (Å²) in [7, 11) is 0. The topological polar surface area (TPSA) is 42.4 Å². The Morgan fingerprint density at radius 3 is 2.57 bits per heavy atom. The van der Waals surface area contributed by atoms with Gasteiger partial charge in [-0.2, -0.15) is 0 Å². The fraction of sp³-hybridized carbons (Fsp3) is 0.150. The molecule has 116 valence electrons. The van der Waals surface area contributed by atoms with Gasteiger partial charge in [-0.15, -0.1) is 0 Å². The first-order chi connectivity index (χ1) is 11.3. The first-order valence-corrected chi connectivity index (χ1v) is 7.59. The summed E-state index contributed by atoms with van der Waals surface area (Å²) >= 11 is 0. The quantitative estimate of drug-likeness (QED) is 0.770. The van der Waals surface area contributed by atoms with Gasteiger partial charge in [-0.05, 0) is 35.7 Å². The number of hydrogen-bond donors (Lipinski definition) is 1. The summed E-state index contributed by atoms with van der Waals surface area (Å²) in [5.74, 6) is 0.704. The van der Waals surface area contributed by atoms with Crippen LogP contribution >= 0.6 is 0 Å². The minimum Gasteiger partial charge on any atom is -0.489 e. The number of hydrogen-bond acceptors (Lipinski definition) is 3. The number of pyridine rings is 1. The molecule has 0 fully saturated rings. The van der Waals surface area contributed by atoms with Gasteiger partial charge in [0.25, 0.3) is 0 Å². The van der Waals surface area contributed by atoms with E-state index in [4.69, 9.17) is 4.74 Å². The zero-order chi connectivity index (χ0) is 16.1. The Morgan fingerprint density at radius 2 is 1.83 bits per heavy atom. The lowest BCUT2D eigenvalue weighted by Crippen LogP contribution is -2.00. The average molecular weight is 305 g/mol. The molecule has 3 aromatic rings. The number of ether oxygens (including phenoxy) is 1. The van der Waals surface area contributed by atoms with Crippen LogP contribution in [-0.2, 0) is 13.2 Å². The molecule has 3 heteroatoms. The third-order valence-corrected chi connectivity index (χ3v) is 3.71. The van der Waals surface area contributed by atoms with Gasteiger partial charge in [0, 0.05) is 23.5 Å². The molecule has 1 aromatic heterocycles. The van der Waals surface area contributed by atoms with Crippen LogP contribution in [0.2, 0.25) is 0 Å². The van der Waals surface area contributed by atoms with Crippen molar-refractivity contribution in [3.8, 4) is 16.9 Å². The Bertz CT molecular complexity index is 785. The number of aryl methyl sites for hydroxylation is 1. The van der Waals surface area contributed by atoms with Crippen molar-refractivity contribution in [1.82, 2.24) is 4.98 Å². The Labute approximate surface area is 136 Å². The summed E-state index contributed by atoms with van der Waals surface area (Å²) in [5.41, 5.74) is 4.91. The monoisotopic (exact) mass is 305 g/mol. The summed E-state index contributed by atoms with van der Waals surface area (Å²) < 4.78 is 5.93. The molecule has 0 saturated carbocycles. The van der Waals surface area contributed by atoms with Crippen molar-refractivity contribution in [2.45, 2.75) is 20.1 Å². The summed E-state index contributed by atoms with van der Waals surface area (Å²) in [6.45, 7) is 2.41. The molecule has 0 bridgehead atoms. The summed E-state index contributed by atoms with van der Waals surface area (Å²) in [6, 6.07) is 17.9. The van der Waals surface area contributed by atoms with Crippen LogP contribution in [0.4, 0.5) is 0 Å². The van der Waals surface area contributed by atoms with Gasteiger partial charge in [-0.1, -0.05) is 42.5 Å². The summed E-state index contributed by atoms with van der Waals surface area (Å²) in [5, 5.41) is 9.83. The summed E-state index contributed by atoms with van der Waals surface area (Å²) in [6.07, 6.45) is 3.63.